The van der Waals surface area contributed by atoms with E-state index >= 15 is 0 Å². The summed E-state index contributed by atoms with van der Waals surface area (Å²) in [6.07, 6.45) is -4.35. The van der Waals surface area contributed by atoms with Gasteiger partial charge in [-0.25, -0.2) is 0 Å². The van der Waals surface area contributed by atoms with Crippen LogP contribution in [0.4, 0.5) is 13.2 Å². The first kappa shape index (κ1) is 14.1. The molecule has 0 bridgehead atoms. The van der Waals surface area contributed by atoms with E-state index in [2.05, 4.69) is 31.9 Å². The molecule has 2 aromatic carbocycles. The molecule has 0 saturated heterocycles. The van der Waals surface area contributed by atoms with E-state index in [0.717, 1.165) is 0 Å². The number of fused-ring (bicyclic) bond motifs is 3. The van der Waals surface area contributed by atoms with Crippen LogP contribution in [0.3, 0.4) is 0 Å². The van der Waals surface area contributed by atoms with Crippen LogP contribution in [-0.2, 0) is 5.41 Å². The first-order valence-corrected chi connectivity index (χ1v) is 7.51. The zero-order chi connectivity index (χ0) is 14.7. The van der Waals surface area contributed by atoms with Crippen molar-refractivity contribution in [1.82, 2.24) is 0 Å². The van der Waals surface area contributed by atoms with Gasteiger partial charge in [0.1, 0.15) is 5.41 Å². The van der Waals surface area contributed by atoms with Gasteiger partial charge in [-0.05, 0) is 53.4 Å². The van der Waals surface area contributed by atoms with E-state index in [1.165, 1.54) is 6.92 Å². The smallest absolute Gasteiger partial charge is 0.170 e. The van der Waals surface area contributed by atoms with Crippen LogP contribution < -0.4 is 0 Å². The van der Waals surface area contributed by atoms with E-state index in [9.17, 15) is 13.2 Å². The van der Waals surface area contributed by atoms with Gasteiger partial charge in [0.2, 0.25) is 0 Å². The Morgan fingerprint density at radius 3 is 1.60 bits per heavy atom. The Balaban J connectivity index is 2.42. The predicted octanol–water partition coefficient (Wildman–Crippen LogP) is 6.06. The molecule has 2 aromatic rings. The molecule has 0 radical (unpaired) electrons. The van der Waals surface area contributed by atoms with Gasteiger partial charge in [-0.2, -0.15) is 13.2 Å². The van der Waals surface area contributed by atoms with Crippen LogP contribution in [-0.4, -0.2) is 6.18 Å². The molecule has 0 N–H and O–H groups in total. The van der Waals surface area contributed by atoms with E-state index in [0.29, 0.717) is 31.2 Å². The van der Waals surface area contributed by atoms with Gasteiger partial charge in [-0.15, -0.1) is 0 Å². The van der Waals surface area contributed by atoms with Gasteiger partial charge in [0, 0.05) is 8.95 Å². The van der Waals surface area contributed by atoms with Gasteiger partial charge in [0.05, 0.1) is 0 Å². The van der Waals surface area contributed by atoms with Crippen LogP contribution in [0, 0.1) is 0 Å². The maximum absolute atomic E-state index is 13.7. The highest BCUT2D eigenvalue weighted by atomic mass is 79.9. The number of benzene rings is 2. The largest absolute Gasteiger partial charge is 0.402 e. The van der Waals surface area contributed by atoms with Crippen LogP contribution in [0.15, 0.2) is 45.3 Å². The first-order chi connectivity index (χ1) is 9.25. The summed E-state index contributed by atoms with van der Waals surface area (Å²) in [7, 11) is 0. The minimum Gasteiger partial charge on any atom is -0.170 e. The van der Waals surface area contributed by atoms with Gasteiger partial charge in [-0.1, -0.05) is 44.0 Å². The molecular weight excluding hydrogens is 397 g/mol. The fourth-order valence-electron chi connectivity index (χ4n) is 2.78. The number of hydrogen-bond acceptors (Lipinski definition) is 0. The summed E-state index contributed by atoms with van der Waals surface area (Å²) < 4.78 is 42.5. The van der Waals surface area contributed by atoms with E-state index in [1.807, 2.05) is 0 Å². The molecule has 0 atom stereocenters. The zero-order valence-electron chi connectivity index (χ0n) is 10.4. The second kappa shape index (κ2) is 4.34. The zero-order valence-corrected chi connectivity index (χ0v) is 13.5. The van der Waals surface area contributed by atoms with Crippen LogP contribution in [0.2, 0.25) is 0 Å². The monoisotopic (exact) mass is 404 g/mol. The lowest BCUT2D eigenvalue weighted by Gasteiger charge is -2.30. The summed E-state index contributed by atoms with van der Waals surface area (Å²) in [6, 6.07) is 10.2. The average Bonchev–Trinajstić information content (AvgIpc) is 2.60. The van der Waals surface area contributed by atoms with Crippen molar-refractivity contribution < 1.29 is 13.2 Å². The lowest BCUT2D eigenvalue weighted by Crippen LogP contribution is -2.38. The quantitative estimate of drug-likeness (QED) is 0.499. The minimum atomic E-state index is -4.35. The highest BCUT2D eigenvalue weighted by molar-refractivity contribution is 9.10. The van der Waals surface area contributed by atoms with Crippen molar-refractivity contribution in [3.63, 3.8) is 0 Å². The molecule has 0 saturated carbocycles. The van der Waals surface area contributed by atoms with E-state index in [-0.39, 0.29) is 0 Å². The molecule has 0 spiro atoms. The van der Waals surface area contributed by atoms with Crippen molar-refractivity contribution >= 4 is 31.9 Å². The second-order valence-corrected chi connectivity index (χ2v) is 6.83. The first-order valence-electron chi connectivity index (χ1n) is 5.92. The molecule has 0 nitrogen and oxygen atoms in total. The van der Waals surface area contributed by atoms with Crippen molar-refractivity contribution in [3.8, 4) is 11.1 Å². The van der Waals surface area contributed by atoms with Gasteiger partial charge in [0.25, 0.3) is 0 Å². The third-order valence-corrected chi connectivity index (χ3v) is 4.88. The molecule has 0 heterocycles. The van der Waals surface area contributed by atoms with Crippen molar-refractivity contribution in [2.24, 2.45) is 0 Å². The van der Waals surface area contributed by atoms with Gasteiger partial charge in [-0.3, -0.25) is 0 Å². The maximum atomic E-state index is 13.7. The molecule has 0 amide bonds. The Morgan fingerprint density at radius 2 is 1.25 bits per heavy atom. The highest BCUT2D eigenvalue weighted by Crippen LogP contribution is 2.57. The Hall–Kier alpha value is -0.810. The number of rotatable bonds is 0. The van der Waals surface area contributed by atoms with E-state index in [4.69, 9.17) is 0 Å². The van der Waals surface area contributed by atoms with Crippen molar-refractivity contribution in [1.29, 1.82) is 0 Å². The third-order valence-electron chi connectivity index (χ3n) is 3.90. The molecular formula is C15H9Br2F3. The minimum absolute atomic E-state index is 0.299. The fraction of sp³-hybridized carbons (Fsp3) is 0.200. The fourth-order valence-corrected chi connectivity index (χ4v) is 3.50. The van der Waals surface area contributed by atoms with Crippen molar-refractivity contribution in [2.45, 2.75) is 18.5 Å². The van der Waals surface area contributed by atoms with Crippen LogP contribution in [0.1, 0.15) is 18.1 Å². The Kier molecular flexibility index (Phi) is 3.07. The van der Waals surface area contributed by atoms with Gasteiger partial charge >= 0.3 is 6.18 Å². The predicted molar refractivity (Wildman–Crippen MR) is 79.8 cm³/mol. The Bertz CT molecular complexity index is 653. The summed E-state index contributed by atoms with van der Waals surface area (Å²) in [5, 5.41) is 0. The SMILES string of the molecule is CC1(C(F)(F)F)c2cc(Br)ccc2-c2ccc(Br)cc21. The van der Waals surface area contributed by atoms with Crippen molar-refractivity contribution in [3.05, 3.63) is 56.5 Å². The highest BCUT2D eigenvalue weighted by Gasteiger charge is 2.58. The standard InChI is InChI=1S/C15H9Br2F3/c1-14(15(18,19)20)12-6-8(16)2-4-10(12)11-5-3-9(17)7-13(11)14/h2-7H,1H3. The molecule has 0 unspecified atom stereocenters. The molecule has 3 rings (SSSR count). The average molecular weight is 406 g/mol. The molecule has 5 heteroatoms. The normalized spacial score (nSPS) is 15.9. The van der Waals surface area contributed by atoms with Gasteiger partial charge in [0.15, 0.2) is 0 Å². The van der Waals surface area contributed by atoms with Crippen LogP contribution in [0.25, 0.3) is 11.1 Å². The van der Waals surface area contributed by atoms with Gasteiger partial charge < -0.3 is 0 Å². The lowest BCUT2D eigenvalue weighted by atomic mass is 9.79. The summed E-state index contributed by atoms with van der Waals surface area (Å²) in [5.74, 6) is 0. The topological polar surface area (TPSA) is 0 Å². The van der Waals surface area contributed by atoms with E-state index in [1.54, 1.807) is 36.4 Å². The molecule has 0 aromatic heterocycles. The summed E-state index contributed by atoms with van der Waals surface area (Å²) in [6.45, 7) is 1.25. The Labute approximate surface area is 131 Å². The molecule has 1 aliphatic carbocycles. The molecule has 0 aliphatic heterocycles. The van der Waals surface area contributed by atoms with Crippen molar-refractivity contribution in [2.75, 3.05) is 0 Å². The Morgan fingerprint density at radius 1 is 0.850 bits per heavy atom. The summed E-state index contributed by atoms with van der Waals surface area (Å²) in [5.41, 5.74) is -0.0865. The third kappa shape index (κ3) is 1.79. The molecule has 0 fully saturated rings. The molecule has 1 aliphatic rings. The molecule has 20 heavy (non-hydrogen) atoms. The van der Waals surface area contributed by atoms with Crippen LogP contribution in [0.5, 0.6) is 0 Å². The number of hydrogen-bond donors (Lipinski definition) is 0. The summed E-state index contributed by atoms with van der Waals surface area (Å²) >= 11 is 6.53. The second-order valence-electron chi connectivity index (χ2n) is 5.00. The maximum Gasteiger partial charge on any atom is 0.402 e. The van der Waals surface area contributed by atoms with E-state index < -0.39 is 11.6 Å². The lowest BCUT2D eigenvalue weighted by molar-refractivity contribution is -0.172. The summed E-state index contributed by atoms with van der Waals surface area (Å²) in [4.78, 5) is 0. The number of alkyl halides is 3. The molecule has 104 valence electrons. The number of halogens is 5. The van der Waals surface area contributed by atoms with Crippen LogP contribution >= 0.6 is 31.9 Å².